The van der Waals surface area contributed by atoms with Gasteiger partial charge in [-0.3, -0.25) is 4.79 Å². The molecule has 0 unspecified atom stereocenters. The summed E-state index contributed by atoms with van der Waals surface area (Å²) in [7, 11) is 1.52. The molecule has 0 aliphatic heterocycles. The van der Waals surface area contributed by atoms with E-state index in [9.17, 15) is 4.79 Å². The minimum atomic E-state index is -0.206. The molecule has 0 saturated carbocycles. The molecule has 2 N–H and O–H groups in total. The van der Waals surface area contributed by atoms with Crippen LogP contribution in [0.1, 0.15) is 16.8 Å². The highest BCUT2D eigenvalue weighted by Gasteiger charge is 2.10. The number of carbonyl (C=O) groups is 1. The molecule has 1 aromatic rings. The molecule has 104 valence electrons. The summed E-state index contributed by atoms with van der Waals surface area (Å²) in [5.74, 6) is 0.855. The molecular weight excluding hydrogens is 246 g/mol. The minimum Gasteiger partial charge on any atom is -0.493 e. The Morgan fingerprint density at radius 3 is 2.89 bits per heavy atom. The first-order chi connectivity index (χ1) is 9.22. The molecule has 0 aliphatic rings. The van der Waals surface area contributed by atoms with Crippen LogP contribution in [0.25, 0.3) is 0 Å². The second-order valence-corrected chi connectivity index (χ2v) is 3.80. The fourth-order valence-electron chi connectivity index (χ4n) is 1.46. The average Bonchev–Trinajstić information content (AvgIpc) is 2.45. The third kappa shape index (κ3) is 4.63. The maximum Gasteiger partial charge on any atom is 0.251 e. The van der Waals surface area contributed by atoms with E-state index in [1.165, 1.54) is 7.11 Å². The lowest BCUT2D eigenvalue weighted by Gasteiger charge is -2.11. The molecule has 0 radical (unpaired) electrons. The number of carbonyl (C=O) groups excluding carboxylic acids is 1. The number of hydrogen-bond donors (Lipinski definition) is 2. The van der Waals surface area contributed by atoms with Gasteiger partial charge in [0.05, 0.1) is 7.11 Å². The van der Waals surface area contributed by atoms with Crippen molar-refractivity contribution >= 4 is 5.91 Å². The quantitative estimate of drug-likeness (QED) is 0.550. The van der Waals surface area contributed by atoms with Crippen molar-refractivity contribution in [2.24, 2.45) is 0 Å². The van der Waals surface area contributed by atoms with Crippen LogP contribution in [0.3, 0.4) is 0 Å². The van der Waals surface area contributed by atoms with Crippen LogP contribution < -0.4 is 14.8 Å². The van der Waals surface area contributed by atoms with Gasteiger partial charge in [-0.25, -0.2) is 0 Å². The smallest absolute Gasteiger partial charge is 0.251 e. The second-order valence-electron chi connectivity index (χ2n) is 3.80. The van der Waals surface area contributed by atoms with Crippen molar-refractivity contribution in [3.63, 3.8) is 0 Å². The van der Waals surface area contributed by atoms with E-state index in [4.69, 9.17) is 14.6 Å². The van der Waals surface area contributed by atoms with Gasteiger partial charge in [-0.1, -0.05) is 12.7 Å². The van der Waals surface area contributed by atoms with E-state index in [-0.39, 0.29) is 12.5 Å². The van der Waals surface area contributed by atoms with Gasteiger partial charge in [0.2, 0.25) is 0 Å². The van der Waals surface area contributed by atoms with Gasteiger partial charge in [-0.2, -0.15) is 0 Å². The number of amides is 1. The van der Waals surface area contributed by atoms with E-state index in [0.29, 0.717) is 36.6 Å². The van der Waals surface area contributed by atoms with E-state index in [2.05, 4.69) is 11.9 Å². The summed E-state index contributed by atoms with van der Waals surface area (Å²) in [6.07, 6.45) is 2.17. The summed E-state index contributed by atoms with van der Waals surface area (Å²) >= 11 is 0. The zero-order chi connectivity index (χ0) is 14.1. The topological polar surface area (TPSA) is 67.8 Å². The number of rotatable bonds is 8. The summed E-state index contributed by atoms with van der Waals surface area (Å²) in [5.41, 5.74) is 0.487. The number of aliphatic hydroxyl groups is 1. The molecular formula is C14H19NO4. The van der Waals surface area contributed by atoms with Gasteiger partial charge in [-0.15, -0.1) is 0 Å². The summed E-state index contributed by atoms with van der Waals surface area (Å²) in [6, 6.07) is 4.96. The Bertz CT molecular complexity index is 431. The Kier molecular flexibility index (Phi) is 6.46. The SMILES string of the molecule is C=CCOc1ccc(C(=O)NCCCO)cc1OC. The minimum absolute atomic E-state index is 0.0535. The van der Waals surface area contributed by atoms with Crippen molar-refractivity contribution in [1.29, 1.82) is 0 Å². The second kappa shape index (κ2) is 8.16. The lowest BCUT2D eigenvalue weighted by Crippen LogP contribution is -2.25. The summed E-state index contributed by atoms with van der Waals surface area (Å²) in [5, 5.41) is 11.4. The maximum atomic E-state index is 11.8. The molecule has 5 nitrogen and oxygen atoms in total. The van der Waals surface area contributed by atoms with Gasteiger partial charge in [-0.05, 0) is 24.6 Å². The van der Waals surface area contributed by atoms with Crippen LogP contribution in [0.5, 0.6) is 11.5 Å². The lowest BCUT2D eigenvalue weighted by atomic mass is 10.2. The predicted octanol–water partition coefficient (Wildman–Crippen LogP) is 1.37. The van der Waals surface area contributed by atoms with Crippen molar-refractivity contribution in [2.75, 3.05) is 26.9 Å². The first kappa shape index (κ1) is 15.0. The molecule has 1 aromatic carbocycles. The lowest BCUT2D eigenvalue weighted by molar-refractivity contribution is 0.0950. The molecule has 0 fully saturated rings. The third-order valence-electron chi connectivity index (χ3n) is 2.40. The fraction of sp³-hybridized carbons (Fsp3) is 0.357. The van der Waals surface area contributed by atoms with E-state index >= 15 is 0 Å². The molecule has 1 rings (SSSR count). The highest BCUT2D eigenvalue weighted by Crippen LogP contribution is 2.28. The Balaban J connectivity index is 2.75. The number of ether oxygens (including phenoxy) is 2. The van der Waals surface area contributed by atoms with Gasteiger partial charge in [0.1, 0.15) is 6.61 Å². The average molecular weight is 265 g/mol. The first-order valence-electron chi connectivity index (χ1n) is 6.03. The highest BCUT2D eigenvalue weighted by atomic mass is 16.5. The molecule has 1 amide bonds. The Hall–Kier alpha value is -2.01. The fourth-order valence-corrected chi connectivity index (χ4v) is 1.46. The van der Waals surface area contributed by atoms with Gasteiger partial charge < -0.3 is 19.9 Å². The first-order valence-corrected chi connectivity index (χ1v) is 6.03. The number of methoxy groups -OCH3 is 1. The van der Waals surface area contributed by atoms with Crippen LogP contribution in [0.15, 0.2) is 30.9 Å². The van der Waals surface area contributed by atoms with Crippen LogP contribution in [0, 0.1) is 0 Å². The van der Waals surface area contributed by atoms with Gasteiger partial charge in [0.15, 0.2) is 11.5 Å². The third-order valence-corrected chi connectivity index (χ3v) is 2.40. The summed E-state index contributed by atoms with van der Waals surface area (Å²) in [6.45, 7) is 4.43. The van der Waals surface area contributed by atoms with Gasteiger partial charge in [0, 0.05) is 18.7 Å². The van der Waals surface area contributed by atoms with E-state index < -0.39 is 0 Å². The van der Waals surface area contributed by atoms with Crippen molar-refractivity contribution in [3.8, 4) is 11.5 Å². The molecule has 0 atom stereocenters. The molecule has 0 heterocycles. The van der Waals surface area contributed by atoms with Crippen LogP contribution in [0.4, 0.5) is 0 Å². The van der Waals surface area contributed by atoms with Crippen LogP contribution in [-0.4, -0.2) is 37.9 Å². The van der Waals surface area contributed by atoms with Crippen LogP contribution in [-0.2, 0) is 0 Å². The summed E-state index contributed by atoms with van der Waals surface area (Å²) < 4.78 is 10.6. The zero-order valence-corrected chi connectivity index (χ0v) is 11.0. The van der Waals surface area contributed by atoms with Crippen LogP contribution >= 0.6 is 0 Å². The predicted molar refractivity (Wildman–Crippen MR) is 72.7 cm³/mol. The molecule has 0 aliphatic carbocycles. The standard InChI is InChI=1S/C14H19NO4/c1-3-9-19-12-6-5-11(10-13(12)18-2)14(17)15-7-4-8-16/h3,5-6,10,16H,1,4,7-9H2,2H3,(H,15,17). The molecule has 5 heteroatoms. The Morgan fingerprint density at radius 1 is 1.47 bits per heavy atom. The largest absolute Gasteiger partial charge is 0.493 e. The molecule has 19 heavy (non-hydrogen) atoms. The van der Waals surface area contributed by atoms with E-state index in [0.717, 1.165) is 0 Å². The maximum absolute atomic E-state index is 11.8. The van der Waals surface area contributed by atoms with E-state index in [1.807, 2.05) is 0 Å². The van der Waals surface area contributed by atoms with E-state index in [1.54, 1.807) is 24.3 Å². The Morgan fingerprint density at radius 2 is 2.26 bits per heavy atom. The van der Waals surface area contributed by atoms with Gasteiger partial charge >= 0.3 is 0 Å². The molecule has 0 aromatic heterocycles. The molecule has 0 spiro atoms. The Labute approximate surface area is 112 Å². The highest BCUT2D eigenvalue weighted by molar-refractivity contribution is 5.94. The number of nitrogens with one attached hydrogen (secondary N) is 1. The van der Waals surface area contributed by atoms with Gasteiger partial charge in [0.25, 0.3) is 5.91 Å². The zero-order valence-electron chi connectivity index (χ0n) is 11.0. The van der Waals surface area contributed by atoms with Crippen molar-refractivity contribution < 1.29 is 19.4 Å². The number of benzene rings is 1. The van der Waals surface area contributed by atoms with Crippen molar-refractivity contribution in [2.45, 2.75) is 6.42 Å². The number of hydrogen-bond acceptors (Lipinski definition) is 4. The normalized spacial score (nSPS) is 9.79. The monoisotopic (exact) mass is 265 g/mol. The molecule has 0 bridgehead atoms. The van der Waals surface area contributed by atoms with Crippen molar-refractivity contribution in [3.05, 3.63) is 36.4 Å². The van der Waals surface area contributed by atoms with Crippen molar-refractivity contribution in [1.82, 2.24) is 5.32 Å². The van der Waals surface area contributed by atoms with Crippen LogP contribution in [0.2, 0.25) is 0 Å². The molecule has 0 saturated heterocycles. The summed E-state index contributed by atoms with van der Waals surface area (Å²) in [4.78, 5) is 11.8. The number of aliphatic hydroxyl groups excluding tert-OH is 1.